The lowest BCUT2D eigenvalue weighted by Gasteiger charge is -2.23. The SMILES string of the molecule is COC(=O)c1ccc(CN(SCCCCl)c2ccccc2)cc1. The number of halogens is 1. The maximum atomic E-state index is 11.5. The van der Waals surface area contributed by atoms with Gasteiger partial charge in [0.1, 0.15) is 0 Å². The van der Waals surface area contributed by atoms with Gasteiger partial charge in [-0.2, -0.15) is 0 Å². The number of carbonyl (C=O) groups is 1. The summed E-state index contributed by atoms with van der Waals surface area (Å²) in [5, 5.41) is 0. The summed E-state index contributed by atoms with van der Waals surface area (Å²) in [5.74, 6) is 1.33. The van der Waals surface area contributed by atoms with E-state index in [0.717, 1.165) is 30.0 Å². The van der Waals surface area contributed by atoms with Gasteiger partial charge in [-0.25, -0.2) is 4.79 Å². The highest BCUT2D eigenvalue weighted by molar-refractivity contribution is 8.00. The van der Waals surface area contributed by atoms with Gasteiger partial charge < -0.3 is 9.04 Å². The zero-order chi connectivity index (χ0) is 16.5. The third-order valence-corrected chi connectivity index (χ3v) is 4.66. The van der Waals surface area contributed by atoms with Crippen LogP contribution in [0.25, 0.3) is 0 Å². The number of hydrogen-bond acceptors (Lipinski definition) is 4. The monoisotopic (exact) mass is 349 g/mol. The first-order chi connectivity index (χ1) is 11.2. The second-order valence-corrected chi connectivity index (χ2v) is 6.42. The largest absolute Gasteiger partial charge is 0.465 e. The van der Waals surface area contributed by atoms with Crippen LogP contribution in [0.15, 0.2) is 54.6 Å². The number of alkyl halides is 1. The van der Waals surface area contributed by atoms with Crippen molar-refractivity contribution in [3.8, 4) is 0 Å². The van der Waals surface area contributed by atoms with E-state index in [-0.39, 0.29) is 5.97 Å². The van der Waals surface area contributed by atoms with E-state index >= 15 is 0 Å². The van der Waals surface area contributed by atoms with Crippen LogP contribution in [0.3, 0.4) is 0 Å². The van der Waals surface area contributed by atoms with E-state index in [4.69, 9.17) is 16.3 Å². The van der Waals surface area contributed by atoms with Gasteiger partial charge in [-0.05, 0) is 48.2 Å². The van der Waals surface area contributed by atoms with E-state index in [9.17, 15) is 4.79 Å². The lowest BCUT2D eigenvalue weighted by molar-refractivity contribution is 0.0600. The fourth-order valence-electron chi connectivity index (χ4n) is 2.06. The van der Waals surface area contributed by atoms with Gasteiger partial charge in [-0.15, -0.1) is 11.6 Å². The average Bonchev–Trinajstić information content (AvgIpc) is 2.61. The second-order valence-electron chi connectivity index (χ2n) is 4.94. The molecule has 0 amide bonds. The number of carbonyl (C=O) groups excluding carboxylic acids is 1. The highest BCUT2D eigenvalue weighted by Gasteiger charge is 2.09. The standard InChI is InChI=1S/C18H20ClNO2S/c1-22-18(21)16-10-8-15(9-11-16)14-20(23-13-5-12-19)17-6-3-2-4-7-17/h2-4,6-11H,5,12-14H2,1H3. The first-order valence-corrected chi connectivity index (χ1v) is 8.91. The molecule has 0 N–H and O–H groups in total. The zero-order valence-electron chi connectivity index (χ0n) is 13.1. The van der Waals surface area contributed by atoms with Gasteiger partial charge in [-0.3, -0.25) is 0 Å². The third kappa shape index (κ3) is 5.48. The van der Waals surface area contributed by atoms with E-state index < -0.39 is 0 Å². The number of esters is 1. The van der Waals surface area contributed by atoms with E-state index in [1.165, 1.54) is 7.11 Å². The predicted molar refractivity (Wildman–Crippen MR) is 98.2 cm³/mol. The van der Waals surface area contributed by atoms with E-state index in [0.29, 0.717) is 11.4 Å². The Morgan fingerprint density at radius 2 is 1.83 bits per heavy atom. The highest BCUT2D eigenvalue weighted by Crippen LogP contribution is 2.25. The van der Waals surface area contributed by atoms with Crippen LogP contribution in [-0.4, -0.2) is 24.7 Å². The molecule has 0 radical (unpaired) electrons. The number of hydrogen-bond donors (Lipinski definition) is 0. The zero-order valence-corrected chi connectivity index (χ0v) is 14.6. The van der Waals surface area contributed by atoms with Gasteiger partial charge in [0, 0.05) is 17.3 Å². The first-order valence-electron chi connectivity index (χ1n) is 7.43. The molecule has 0 aliphatic carbocycles. The summed E-state index contributed by atoms with van der Waals surface area (Å²) in [6.45, 7) is 0.762. The van der Waals surface area contributed by atoms with Gasteiger partial charge >= 0.3 is 5.97 Å². The molecule has 2 aromatic rings. The topological polar surface area (TPSA) is 29.5 Å². The van der Waals surface area contributed by atoms with Crippen molar-refractivity contribution in [2.75, 3.05) is 23.0 Å². The molecule has 0 bridgehead atoms. The molecule has 0 heterocycles. The number of ether oxygens (including phenoxy) is 1. The Morgan fingerprint density at radius 1 is 1.13 bits per heavy atom. The fourth-order valence-corrected chi connectivity index (χ4v) is 3.36. The molecule has 2 aromatic carbocycles. The quantitative estimate of drug-likeness (QED) is 0.297. The summed E-state index contributed by atoms with van der Waals surface area (Å²) in [6.07, 6.45) is 0.969. The van der Waals surface area contributed by atoms with E-state index in [2.05, 4.69) is 16.4 Å². The van der Waals surface area contributed by atoms with Crippen LogP contribution in [0, 0.1) is 0 Å². The molecule has 0 unspecified atom stereocenters. The number of benzene rings is 2. The Labute approximate surface area is 146 Å². The van der Waals surface area contributed by atoms with Gasteiger partial charge in [0.25, 0.3) is 0 Å². The molecular weight excluding hydrogens is 330 g/mol. The molecular formula is C18H20ClNO2S. The molecule has 0 aliphatic heterocycles. The molecule has 0 aliphatic rings. The van der Waals surface area contributed by atoms with Crippen LogP contribution >= 0.6 is 23.5 Å². The minimum absolute atomic E-state index is 0.312. The fraction of sp³-hybridized carbons (Fsp3) is 0.278. The molecule has 5 heteroatoms. The van der Waals surface area contributed by atoms with Crippen LogP contribution in [0.1, 0.15) is 22.3 Å². The number of rotatable bonds is 8. The Bertz CT molecular complexity index is 604. The third-order valence-electron chi connectivity index (χ3n) is 3.27. The molecule has 2 rings (SSSR count). The van der Waals surface area contributed by atoms with Crippen LogP contribution in [0.5, 0.6) is 0 Å². The van der Waals surface area contributed by atoms with Crippen LogP contribution in [-0.2, 0) is 11.3 Å². The van der Waals surface area contributed by atoms with Gasteiger partial charge in [0.2, 0.25) is 0 Å². The molecule has 0 saturated heterocycles. The minimum atomic E-state index is -0.312. The maximum Gasteiger partial charge on any atom is 0.337 e. The summed E-state index contributed by atoms with van der Waals surface area (Å²) >= 11 is 7.54. The molecule has 0 saturated carbocycles. The molecule has 122 valence electrons. The molecule has 0 fully saturated rings. The molecule has 23 heavy (non-hydrogen) atoms. The molecule has 0 atom stereocenters. The van der Waals surface area contributed by atoms with Crippen LogP contribution < -0.4 is 4.31 Å². The number of anilines is 1. The van der Waals surface area contributed by atoms with Crippen molar-refractivity contribution >= 4 is 35.2 Å². The molecule has 3 nitrogen and oxygen atoms in total. The number of methoxy groups -OCH3 is 1. The summed E-state index contributed by atoms with van der Waals surface area (Å²) in [6, 6.07) is 17.8. The lowest BCUT2D eigenvalue weighted by Crippen LogP contribution is -2.15. The van der Waals surface area contributed by atoms with Crippen LogP contribution in [0.2, 0.25) is 0 Å². The van der Waals surface area contributed by atoms with Gasteiger partial charge in [-0.1, -0.05) is 30.3 Å². The Kier molecular flexibility index (Phi) is 7.30. The van der Waals surface area contributed by atoms with Crippen molar-refractivity contribution in [1.29, 1.82) is 0 Å². The lowest BCUT2D eigenvalue weighted by atomic mass is 10.1. The van der Waals surface area contributed by atoms with Gasteiger partial charge in [0.05, 0.1) is 19.2 Å². The van der Waals surface area contributed by atoms with Crippen molar-refractivity contribution in [2.24, 2.45) is 0 Å². The van der Waals surface area contributed by atoms with Gasteiger partial charge in [0.15, 0.2) is 0 Å². The Morgan fingerprint density at radius 3 is 2.43 bits per heavy atom. The minimum Gasteiger partial charge on any atom is -0.465 e. The Balaban J connectivity index is 2.09. The van der Waals surface area contributed by atoms with Crippen molar-refractivity contribution in [1.82, 2.24) is 0 Å². The van der Waals surface area contributed by atoms with Crippen molar-refractivity contribution < 1.29 is 9.53 Å². The second kappa shape index (κ2) is 9.48. The Hall–Kier alpha value is -1.65. The van der Waals surface area contributed by atoms with E-state index in [1.54, 1.807) is 24.1 Å². The number of para-hydroxylation sites is 1. The summed E-state index contributed by atoms with van der Waals surface area (Å²) in [7, 11) is 1.39. The molecule has 0 spiro atoms. The first kappa shape index (κ1) is 17.7. The number of nitrogens with zero attached hydrogens (tertiary/aromatic N) is 1. The molecule has 0 aromatic heterocycles. The van der Waals surface area contributed by atoms with Crippen molar-refractivity contribution in [2.45, 2.75) is 13.0 Å². The summed E-state index contributed by atoms with van der Waals surface area (Å²) in [5.41, 5.74) is 2.86. The smallest absolute Gasteiger partial charge is 0.337 e. The summed E-state index contributed by atoms with van der Waals surface area (Å²) in [4.78, 5) is 11.5. The van der Waals surface area contributed by atoms with Crippen molar-refractivity contribution in [3.63, 3.8) is 0 Å². The van der Waals surface area contributed by atoms with E-state index in [1.807, 2.05) is 30.3 Å². The van der Waals surface area contributed by atoms with Crippen molar-refractivity contribution in [3.05, 3.63) is 65.7 Å². The predicted octanol–water partition coefficient (Wildman–Crippen LogP) is 4.76. The average molecular weight is 350 g/mol. The summed E-state index contributed by atoms with van der Waals surface area (Å²) < 4.78 is 6.98. The highest BCUT2D eigenvalue weighted by atomic mass is 35.5. The van der Waals surface area contributed by atoms with Crippen LogP contribution in [0.4, 0.5) is 5.69 Å². The normalized spacial score (nSPS) is 10.3. The maximum absolute atomic E-state index is 11.5.